The van der Waals surface area contributed by atoms with Crippen molar-refractivity contribution in [1.29, 1.82) is 0 Å². The first-order chi connectivity index (χ1) is 12.3. The number of morpholine rings is 1. The number of hydrogen-bond donors (Lipinski definition) is 0. The summed E-state index contributed by atoms with van der Waals surface area (Å²) in [5.74, 6) is 0.527. The Morgan fingerprint density at radius 1 is 1.12 bits per heavy atom. The fourth-order valence-electron chi connectivity index (χ4n) is 4.96. The maximum atomic E-state index is 13.0. The number of ether oxygens (including phenoxy) is 2. The molecule has 1 amide bonds. The lowest BCUT2D eigenvalue weighted by Crippen LogP contribution is -2.55. The Morgan fingerprint density at radius 2 is 2.00 bits per heavy atom. The minimum Gasteiger partial charge on any atom is -0.374 e. The largest absolute Gasteiger partial charge is 0.374 e. The minimum atomic E-state index is 0.0791. The van der Waals surface area contributed by atoms with Crippen LogP contribution in [0.15, 0.2) is 12.2 Å². The number of rotatable bonds is 5. The predicted octanol–water partition coefficient (Wildman–Crippen LogP) is 2.21. The summed E-state index contributed by atoms with van der Waals surface area (Å²) in [6.45, 7) is 5.66. The Morgan fingerprint density at radius 3 is 2.80 bits per heavy atom. The van der Waals surface area contributed by atoms with Crippen molar-refractivity contribution < 1.29 is 14.3 Å². The first kappa shape index (κ1) is 17.5. The SMILES string of the molecule is O=C([C@@H]1CC=CCC1)N1CCO[C@H]2[C@H](OCCN3CCCC3)CC[C@@H]21. The van der Waals surface area contributed by atoms with Gasteiger partial charge in [-0.3, -0.25) is 4.79 Å². The van der Waals surface area contributed by atoms with E-state index in [1.54, 1.807) is 0 Å². The van der Waals surface area contributed by atoms with E-state index in [1.807, 2.05) is 0 Å². The van der Waals surface area contributed by atoms with E-state index in [1.165, 1.54) is 25.9 Å². The second-order valence-electron chi connectivity index (χ2n) is 7.95. The van der Waals surface area contributed by atoms with Crippen molar-refractivity contribution in [3.63, 3.8) is 0 Å². The van der Waals surface area contributed by atoms with Crippen LogP contribution in [0.5, 0.6) is 0 Å². The molecule has 4 aliphatic rings. The molecular formula is C20H32N2O3. The van der Waals surface area contributed by atoms with Crippen molar-refractivity contribution in [2.45, 2.75) is 63.2 Å². The van der Waals surface area contributed by atoms with E-state index in [2.05, 4.69) is 22.0 Å². The molecule has 3 fully saturated rings. The molecule has 0 radical (unpaired) electrons. The first-order valence-electron chi connectivity index (χ1n) is 10.2. The van der Waals surface area contributed by atoms with Gasteiger partial charge >= 0.3 is 0 Å². The highest BCUT2D eigenvalue weighted by Gasteiger charge is 2.45. The number of fused-ring (bicyclic) bond motifs is 1. The van der Waals surface area contributed by atoms with E-state index in [0.717, 1.165) is 51.8 Å². The Balaban J connectivity index is 1.30. The van der Waals surface area contributed by atoms with Gasteiger partial charge in [-0.2, -0.15) is 0 Å². The Labute approximate surface area is 151 Å². The van der Waals surface area contributed by atoms with E-state index in [4.69, 9.17) is 9.47 Å². The van der Waals surface area contributed by atoms with Crippen LogP contribution in [0, 0.1) is 5.92 Å². The average Bonchev–Trinajstić information content (AvgIpc) is 3.32. The van der Waals surface area contributed by atoms with Crippen molar-refractivity contribution in [1.82, 2.24) is 9.80 Å². The van der Waals surface area contributed by atoms with E-state index >= 15 is 0 Å². The normalized spacial score (nSPS) is 35.9. The number of carbonyl (C=O) groups excluding carboxylic acids is 1. The van der Waals surface area contributed by atoms with Gasteiger partial charge in [0.1, 0.15) is 6.10 Å². The van der Waals surface area contributed by atoms with E-state index < -0.39 is 0 Å². The van der Waals surface area contributed by atoms with Crippen molar-refractivity contribution in [2.75, 3.05) is 39.4 Å². The molecule has 25 heavy (non-hydrogen) atoms. The monoisotopic (exact) mass is 348 g/mol. The van der Waals surface area contributed by atoms with Crippen LogP contribution in [0.4, 0.5) is 0 Å². The van der Waals surface area contributed by atoms with Crippen LogP contribution >= 0.6 is 0 Å². The zero-order valence-electron chi connectivity index (χ0n) is 15.3. The topological polar surface area (TPSA) is 42.0 Å². The molecule has 0 N–H and O–H groups in total. The molecule has 0 aromatic heterocycles. The lowest BCUT2D eigenvalue weighted by molar-refractivity contribution is -0.155. The van der Waals surface area contributed by atoms with Crippen molar-refractivity contribution in [3.8, 4) is 0 Å². The molecule has 4 atom stereocenters. The van der Waals surface area contributed by atoms with Crippen LogP contribution in [-0.2, 0) is 14.3 Å². The number of carbonyl (C=O) groups is 1. The highest BCUT2D eigenvalue weighted by Crippen LogP contribution is 2.34. The highest BCUT2D eigenvalue weighted by molar-refractivity contribution is 5.79. The van der Waals surface area contributed by atoms with Gasteiger partial charge in [-0.1, -0.05) is 12.2 Å². The summed E-state index contributed by atoms with van der Waals surface area (Å²) in [4.78, 5) is 17.6. The van der Waals surface area contributed by atoms with E-state index in [0.29, 0.717) is 12.5 Å². The zero-order valence-corrected chi connectivity index (χ0v) is 15.3. The van der Waals surface area contributed by atoms with Gasteiger partial charge < -0.3 is 19.3 Å². The van der Waals surface area contributed by atoms with Crippen LogP contribution in [-0.4, -0.2) is 73.3 Å². The zero-order chi connectivity index (χ0) is 17.1. The van der Waals surface area contributed by atoms with Gasteiger partial charge in [-0.25, -0.2) is 0 Å². The van der Waals surface area contributed by atoms with Gasteiger partial charge in [0.25, 0.3) is 0 Å². The maximum Gasteiger partial charge on any atom is 0.226 e. The molecule has 0 bridgehead atoms. The molecule has 5 nitrogen and oxygen atoms in total. The smallest absolute Gasteiger partial charge is 0.226 e. The van der Waals surface area contributed by atoms with Gasteiger partial charge in [-0.15, -0.1) is 0 Å². The summed E-state index contributed by atoms with van der Waals surface area (Å²) in [6.07, 6.45) is 12.2. The molecule has 2 heterocycles. The lowest BCUT2D eigenvalue weighted by atomic mass is 9.92. The highest BCUT2D eigenvalue weighted by atomic mass is 16.5. The summed E-state index contributed by atoms with van der Waals surface area (Å²) in [6, 6.07) is 0.226. The summed E-state index contributed by atoms with van der Waals surface area (Å²) in [5.41, 5.74) is 0. The van der Waals surface area contributed by atoms with Crippen molar-refractivity contribution >= 4 is 5.91 Å². The van der Waals surface area contributed by atoms with Crippen LogP contribution in [0.2, 0.25) is 0 Å². The lowest BCUT2D eigenvalue weighted by Gasteiger charge is -2.40. The van der Waals surface area contributed by atoms with Crippen LogP contribution < -0.4 is 0 Å². The van der Waals surface area contributed by atoms with Gasteiger partial charge in [0, 0.05) is 19.0 Å². The molecule has 0 unspecified atom stereocenters. The third-order valence-electron chi connectivity index (χ3n) is 6.37. The van der Waals surface area contributed by atoms with Crippen LogP contribution in [0.1, 0.15) is 44.9 Å². The fourth-order valence-corrected chi connectivity index (χ4v) is 4.96. The minimum absolute atomic E-state index is 0.0791. The maximum absolute atomic E-state index is 13.0. The van der Waals surface area contributed by atoms with Crippen LogP contribution in [0.3, 0.4) is 0 Å². The van der Waals surface area contributed by atoms with Gasteiger partial charge in [-0.05, 0) is 58.0 Å². The van der Waals surface area contributed by atoms with E-state index in [-0.39, 0.29) is 24.2 Å². The molecule has 2 aliphatic heterocycles. The quantitative estimate of drug-likeness (QED) is 0.715. The van der Waals surface area contributed by atoms with Crippen LogP contribution in [0.25, 0.3) is 0 Å². The second kappa shape index (κ2) is 8.19. The van der Waals surface area contributed by atoms with Gasteiger partial charge in [0.05, 0.1) is 25.4 Å². The third kappa shape index (κ3) is 3.93. The van der Waals surface area contributed by atoms with Gasteiger partial charge in [0.2, 0.25) is 5.91 Å². The third-order valence-corrected chi connectivity index (χ3v) is 6.37. The molecule has 1 saturated carbocycles. The van der Waals surface area contributed by atoms with Crippen molar-refractivity contribution in [2.24, 2.45) is 5.92 Å². The summed E-state index contributed by atoms with van der Waals surface area (Å²) < 4.78 is 12.3. The number of likely N-dealkylation sites (tertiary alicyclic amines) is 1. The first-order valence-corrected chi connectivity index (χ1v) is 10.2. The Kier molecular flexibility index (Phi) is 5.73. The molecule has 2 saturated heterocycles. The summed E-state index contributed by atoms with van der Waals surface area (Å²) in [7, 11) is 0. The molecule has 4 rings (SSSR count). The second-order valence-corrected chi connectivity index (χ2v) is 7.95. The number of allylic oxidation sites excluding steroid dienone is 2. The number of amides is 1. The standard InChI is InChI=1S/C20H32N2O3/c23-20(16-6-2-1-3-7-16)22-13-15-25-19-17(22)8-9-18(19)24-14-12-21-10-4-5-11-21/h1-2,16-19H,3-15H2/t16-,17+,18-,19-/m1/s1. The Bertz CT molecular complexity index is 489. The summed E-state index contributed by atoms with van der Waals surface area (Å²) >= 11 is 0. The molecule has 0 aromatic carbocycles. The molecule has 2 aliphatic carbocycles. The average molecular weight is 348 g/mol. The molecule has 0 aromatic rings. The molecule has 140 valence electrons. The number of hydrogen-bond acceptors (Lipinski definition) is 4. The fraction of sp³-hybridized carbons (Fsp3) is 0.850. The molecule has 0 spiro atoms. The van der Waals surface area contributed by atoms with Gasteiger partial charge in [0.15, 0.2) is 0 Å². The molecule has 5 heteroatoms. The van der Waals surface area contributed by atoms with Crippen molar-refractivity contribution in [3.05, 3.63) is 12.2 Å². The Hall–Kier alpha value is -0.910. The molecular weight excluding hydrogens is 316 g/mol. The van der Waals surface area contributed by atoms with E-state index in [9.17, 15) is 4.79 Å². The summed E-state index contributed by atoms with van der Waals surface area (Å²) in [5, 5.41) is 0. The predicted molar refractivity (Wildman–Crippen MR) is 96.4 cm³/mol. The number of nitrogens with zero attached hydrogens (tertiary/aromatic N) is 2.